The van der Waals surface area contributed by atoms with Gasteiger partial charge in [-0.05, 0) is 47.9 Å². The third-order valence-electron chi connectivity index (χ3n) is 9.21. The molecule has 3 aromatic carbocycles. The summed E-state index contributed by atoms with van der Waals surface area (Å²) >= 11 is 0. The average Bonchev–Trinajstić information content (AvgIpc) is 3.09. The molecule has 45 heavy (non-hydrogen) atoms. The molecule has 1 atom stereocenters. The van der Waals surface area contributed by atoms with Gasteiger partial charge in [-0.3, -0.25) is 14.4 Å². The van der Waals surface area contributed by atoms with Gasteiger partial charge in [0.1, 0.15) is 0 Å². The summed E-state index contributed by atoms with van der Waals surface area (Å²) in [6.45, 7) is 8.60. The number of amides is 3. The Hall–Kier alpha value is -3.97. The van der Waals surface area contributed by atoms with Gasteiger partial charge in [0.2, 0.25) is 17.7 Å². The van der Waals surface area contributed by atoms with Crippen LogP contribution in [0.3, 0.4) is 0 Å². The molecule has 7 heteroatoms. The summed E-state index contributed by atoms with van der Waals surface area (Å²) in [4.78, 5) is 41.1. The van der Waals surface area contributed by atoms with E-state index in [1.807, 2.05) is 91.0 Å². The second-order valence-corrected chi connectivity index (χ2v) is 12.3. The molecule has 1 saturated heterocycles. The van der Waals surface area contributed by atoms with Gasteiger partial charge in [-0.1, -0.05) is 118 Å². The molecule has 1 heterocycles. The third-order valence-corrected chi connectivity index (χ3v) is 9.21. The van der Waals surface area contributed by atoms with Crippen molar-refractivity contribution in [2.45, 2.75) is 57.8 Å². The number of rotatable bonds is 16. The lowest BCUT2D eigenvalue weighted by Gasteiger charge is -2.35. The minimum absolute atomic E-state index is 0.0604. The molecule has 3 aromatic rings. The van der Waals surface area contributed by atoms with Gasteiger partial charge in [0, 0.05) is 39.0 Å². The van der Waals surface area contributed by atoms with E-state index >= 15 is 0 Å². The Morgan fingerprint density at radius 2 is 1.31 bits per heavy atom. The van der Waals surface area contributed by atoms with Gasteiger partial charge >= 0.3 is 0 Å². The summed E-state index contributed by atoms with van der Waals surface area (Å²) < 4.78 is 0. The minimum Gasteiger partial charge on any atom is -0.356 e. The first kappa shape index (κ1) is 33.9. The SMILES string of the molecule is CCC(CC)CN1CCC[C@H](CNC(=O)CCNC(=O)CNC(=O)CC(c2ccccc2)(c2ccccc2)c2ccccc2)C1. The van der Waals surface area contributed by atoms with Crippen molar-refractivity contribution >= 4 is 17.7 Å². The topological polar surface area (TPSA) is 90.5 Å². The first-order chi connectivity index (χ1) is 21.9. The van der Waals surface area contributed by atoms with Gasteiger partial charge in [0.05, 0.1) is 12.0 Å². The van der Waals surface area contributed by atoms with Crippen molar-refractivity contribution in [1.82, 2.24) is 20.9 Å². The van der Waals surface area contributed by atoms with E-state index in [4.69, 9.17) is 0 Å². The molecule has 4 rings (SSSR count). The van der Waals surface area contributed by atoms with Crippen LogP contribution in [-0.2, 0) is 19.8 Å². The second kappa shape index (κ2) is 17.5. The van der Waals surface area contributed by atoms with E-state index in [0.717, 1.165) is 48.7 Å². The average molecular weight is 611 g/mol. The van der Waals surface area contributed by atoms with E-state index in [1.165, 1.54) is 19.3 Å². The van der Waals surface area contributed by atoms with Crippen LogP contribution >= 0.6 is 0 Å². The van der Waals surface area contributed by atoms with Crippen LogP contribution in [0.15, 0.2) is 91.0 Å². The third kappa shape index (κ3) is 9.76. The van der Waals surface area contributed by atoms with E-state index in [-0.39, 0.29) is 43.7 Å². The molecule has 1 aliphatic heterocycles. The lowest BCUT2D eigenvalue weighted by molar-refractivity contribution is -0.126. The van der Waals surface area contributed by atoms with Gasteiger partial charge < -0.3 is 20.9 Å². The Morgan fingerprint density at radius 3 is 1.84 bits per heavy atom. The van der Waals surface area contributed by atoms with Crippen LogP contribution in [0.5, 0.6) is 0 Å². The summed E-state index contributed by atoms with van der Waals surface area (Å²) in [5.74, 6) is 0.604. The summed E-state index contributed by atoms with van der Waals surface area (Å²) in [6.07, 6.45) is 5.07. The van der Waals surface area contributed by atoms with Crippen molar-refractivity contribution in [2.75, 3.05) is 39.3 Å². The smallest absolute Gasteiger partial charge is 0.239 e. The highest BCUT2D eigenvalue weighted by molar-refractivity contribution is 5.86. The molecule has 0 spiro atoms. The quantitative estimate of drug-likeness (QED) is 0.192. The van der Waals surface area contributed by atoms with Gasteiger partial charge in [0.15, 0.2) is 0 Å². The van der Waals surface area contributed by atoms with Gasteiger partial charge in [0.25, 0.3) is 0 Å². The number of benzene rings is 3. The Kier molecular flexibility index (Phi) is 13.2. The molecule has 0 radical (unpaired) electrons. The maximum Gasteiger partial charge on any atom is 0.239 e. The van der Waals surface area contributed by atoms with Crippen molar-refractivity contribution in [3.05, 3.63) is 108 Å². The monoisotopic (exact) mass is 610 g/mol. The van der Waals surface area contributed by atoms with Gasteiger partial charge in [-0.15, -0.1) is 0 Å². The lowest BCUT2D eigenvalue weighted by Crippen LogP contribution is -2.43. The molecule has 1 aliphatic rings. The molecule has 0 aromatic heterocycles. The molecular formula is C38H50N4O3. The summed E-state index contributed by atoms with van der Waals surface area (Å²) in [5, 5.41) is 8.67. The number of carbonyl (C=O) groups excluding carboxylic acids is 3. The predicted molar refractivity (Wildman–Crippen MR) is 181 cm³/mol. The molecule has 0 aliphatic carbocycles. The fourth-order valence-electron chi connectivity index (χ4n) is 6.58. The van der Waals surface area contributed by atoms with Crippen LogP contribution in [0, 0.1) is 11.8 Å². The van der Waals surface area contributed by atoms with Gasteiger partial charge in [-0.2, -0.15) is 0 Å². The molecule has 240 valence electrons. The highest BCUT2D eigenvalue weighted by Gasteiger charge is 2.38. The maximum atomic E-state index is 13.5. The number of hydrogen-bond acceptors (Lipinski definition) is 4. The second-order valence-electron chi connectivity index (χ2n) is 12.3. The van der Waals surface area contributed by atoms with Crippen molar-refractivity contribution in [2.24, 2.45) is 11.8 Å². The van der Waals surface area contributed by atoms with Crippen molar-refractivity contribution in [1.29, 1.82) is 0 Å². The van der Waals surface area contributed by atoms with E-state index in [9.17, 15) is 14.4 Å². The normalized spacial score (nSPS) is 15.4. The molecule has 0 saturated carbocycles. The highest BCUT2D eigenvalue weighted by atomic mass is 16.2. The first-order valence-electron chi connectivity index (χ1n) is 16.6. The molecule has 1 fully saturated rings. The van der Waals surface area contributed by atoms with Crippen molar-refractivity contribution in [3.63, 3.8) is 0 Å². The Labute approximate surface area is 269 Å². The van der Waals surface area contributed by atoms with Crippen LogP contribution in [0.2, 0.25) is 0 Å². The highest BCUT2D eigenvalue weighted by Crippen LogP contribution is 2.42. The van der Waals surface area contributed by atoms with E-state index < -0.39 is 5.41 Å². The van der Waals surface area contributed by atoms with Crippen LogP contribution < -0.4 is 16.0 Å². The number of piperidine rings is 1. The van der Waals surface area contributed by atoms with Crippen LogP contribution in [-0.4, -0.2) is 61.9 Å². The van der Waals surface area contributed by atoms with Crippen molar-refractivity contribution < 1.29 is 14.4 Å². The zero-order chi connectivity index (χ0) is 31.9. The molecule has 3 amide bonds. The fraction of sp³-hybridized carbons (Fsp3) is 0.447. The molecule has 0 unspecified atom stereocenters. The Balaban J connectivity index is 1.26. The van der Waals surface area contributed by atoms with E-state index in [0.29, 0.717) is 12.5 Å². The summed E-state index contributed by atoms with van der Waals surface area (Å²) in [6, 6.07) is 30.1. The molecule has 3 N–H and O–H groups in total. The van der Waals surface area contributed by atoms with Crippen LogP contribution in [0.25, 0.3) is 0 Å². The zero-order valence-corrected chi connectivity index (χ0v) is 27.0. The van der Waals surface area contributed by atoms with Crippen LogP contribution in [0.4, 0.5) is 0 Å². The Morgan fingerprint density at radius 1 is 0.756 bits per heavy atom. The fourth-order valence-corrected chi connectivity index (χ4v) is 6.58. The number of hydrogen-bond donors (Lipinski definition) is 3. The van der Waals surface area contributed by atoms with Crippen molar-refractivity contribution in [3.8, 4) is 0 Å². The van der Waals surface area contributed by atoms with E-state index in [2.05, 4.69) is 34.7 Å². The predicted octanol–water partition coefficient (Wildman–Crippen LogP) is 5.30. The molecular weight excluding hydrogens is 560 g/mol. The summed E-state index contributed by atoms with van der Waals surface area (Å²) in [7, 11) is 0. The lowest BCUT2D eigenvalue weighted by atomic mass is 9.67. The maximum absolute atomic E-state index is 13.5. The summed E-state index contributed by atoms with van der Waals surface area (Å²) in [5.41, 5.74) is 2.27. The molecule has 7 nitrogen and oxygen atoms in total. The first-order valence-corrected chi connectivity index (χ1v) is 16.6. The molecule has 0 bridgehead atoms. The number of likely N-dealkylation sites (tertiary alicyclic amines) is 1. The van der Waals surface area contributed by atoms with E-state index in [1.54, 1.807) is 0 Å². The number of nitrogens with zero attached hydrogens (tertiary/aromatic N) is 1. The number of carbonyl (C=O) groups is 3. The largest absolute Gasteiger partial charge is 0.356 e. The Bertz CT molecular complexity index is 1230. The standard InChI is InChI=1S/C38H50N4O3/c1-3-30(4-2)28-42-24-14-15-31(29-42)26-40-35(43)22-23-39-37(45)27-41-36(44)25-38(32-16-8-5-9-17-32,33-18-10-6-11-19-33)34-20-12-7-13-21-34/h5-13,16-21,30-31H,3-4,14-15,22-29H2,1-2H3,(H,39,45)(H,40,43)(H,41,44)/t31-/m1/s1. The minimum atomic E-state index is -0.731. The van der Waals surface area contributed by atoms with Crippen LogP contribution in [0.1, 0.15) is 69.1 Å². The number of nitrogens with one attached hydrogen (secondary N) is 3. The van der Waals surface area contributed by atoms with Gasteiger partial charge in [-0.25, -0.2) is 0 Å². The zero-order valence-electron chi connectivity index (χ0n) is 27.0.